The third-order valence-electron chi connectivity index (χ3n) is 8.71. The number of aromatic nitrogens is 3. The number of imide groups is 1. The molecule has 4 heterocycles. The number of thiazole rings is 1. The number of piperidine rings is 2. The van der Waals surface area contributed by atoms with Gasteiger partial charge in [0, 0.05) is 38.2 Å². The highest BCUT2D eigenvalue weighted by molar-refractivity contribution is 7.17. The summed E-state index contributed by atoms with van der Waals surface area (Å²) < 4.78 is 0. The fourth-order valence-electron chi connectivity index (χ4n) is 6.11. The lowest BCUT2D eigenvalue weighted by molar-refractivity contribution is -0.134. The summed E-state index contributed by atoms with van der Waals surface area (Å²) in [5.41, 5.74) is 3.61. The molecule has 6 rings (SSSR count). The van der Waals surface area contributed by atoms with Gasteiger partial charge in [-0.3, -0.25) is 24.6 Å². The van der Waals surface area contributed by atoms with Crippen molar-refractivity contribution in [1.29, 1.82) is 0 Å². The van der Waals surface area contributed by atoms with Gasteiger partial charge in [-0.1, -0.05) is 59.3 Å². The highest BCUT2D eigenvalue weighted by Crippen LogP contribution is 2.30. The molecule has 1 unspecified atom stereocenters. The second-order valence-corrected chi connectivity index (χ2v) is 13.5. The van der Waals surface area contributed by atoms with Gasteiger partial charge in [0.25, 0.3) is 5.91 Å². The molecule has 2 fully saturated rings. The Labute approximate surface area is 282 Å². The van der Waals surface area contributed by atoms with E-state index >= 15 is 0 Å². The van der Waals surface area contributed by atoms with Crippen LogP contribution in [0.5, 0.6) is 0 Å². The summed E-state index contributed by atoms with van der Waals surface area (Å²) in [7, 11) is 2.16. The number of halogens is 1. The van der Waals surface area contributed by atoms with Crippen molar-refractivity contribution in [2.45, 2.75) is 58.0 Å². The number of nitrogens with zero attached hydrogens (tertiary/aromatic N) is 5. The maximum atomic E-state index is 12.9. The highest BCUT2D eigenvalue weighted by atomic mass is 35.5. The van der Waals surface area contributed by atoms with Crippen molar-refractivity contribution in [2.75, 3.05) is 35.7 Å². The van der Waals surface area contributed by atoms with E-state index in [1.54, 1.807) is 6.07 Å². The van der Waals surface area contributed by atoms with Crippen LogP contribution >= 0.6 is 22.9 Å². The number of nitrogens with one attached hydrogen (secondary N) is 3. The first-order chi connectivity index (χ1) is 22.6. The average molecular weight is 673 g/mol. The standard InChI is InChI=1S/C34H37ClN8O3S/c1-20-5-4-6-26(35)31(20)41-33(46)27-18-36-34(47-27)39-28-17-29(38-21(2)37-28)43-15-13-24(14-16-43)42(3)19-22-7-9-23(10-8-22)25-11-12-30(44)40-32(25)45/h4-10,17-18,24-25H,11-16,19H2,1-3H3,(H,41,46)(H,40,44,45)(H,36,37,38,39). The molecule has 2 aromatic carbocycles. The Morgan fingerprint density at radius 2 is 1.85 bits per heavy atom. The Bertz CT molecular complexity index is 1770. The molecule has 4 aromatic rings. The largest absolute Gasteiger partial charge is 0.356 e. The zero-order chi connectivity index (χ0) is 33.1. The Hall–Kier alpha value is -4.39. The van der Waals surface area contributed by atoms with Gasteiger partial charge in [0.2, 0.25) is 11.8 Å². The predicted molar refractivity (Wildman–Crippen MR) is 185 cm³/mol. The minimum absolute atomic E-state index is 0.194. The van der Waals surface area contributed by atoms with Crippen LogP contribution < -0.4 is 20.9 Å². The molecule has 0 bridgehead atoms. The molecule has 47 heavy (non-hydrogen) atoms. The fraction of sp³-hybridized carbons (Fsp3) is 0.353. The molecule has 1 atom stereocenters. The molecule has 13 heteroatoms. The molecule has 0 saturated carbocycles. The van der Waals surface area contributed by atoms with Gasteiger partial charge in [-0.15, -0.1) is 0 Å². The molecule has 3 amide bonds. The molecule has 0 radical (unpaired) electrons. The number of benzene rings is 2. The van der Waals surface area contributed by atoms with Gasteiger partial charge < -0.3 is 15.5 Å². The number of amides is 3. The minimum Gasteiger partial charge on any atom is -0.356 e. The van der Waals surface area contributed by atoms with E-state index in [0.717, 1.165) is 49.4 Å². The number of rotatable bonds is 9. The number of anilines is 4. The van der Waals surface area contributed by atoms with Crippen LogP contribution in [0.25, 0.3) is 0 Å². The first-order valence-electron chi connectivity index (χ1n) is 15.7. The van der Waals surface area contributed by atoms with E-state index in [2.05, 4.69) is 54.9 Å². The smallest absolute Gasteiger partial charge is 0.267 e. The first-order valence-corrected chi connectivity index (χ1v) is 16.8. The Balaban J connectivity index is 1.02. The van der Waals surface area contributed by atoms with Crippen molar-refractivity contribution in [1.82, 2.24) is 25.2 Å². The van der Waals surface area contributed by atoms with Crippen LogP contribution in [0, 0.1) is 13.8 Å². The molecule has 2 aliphatic heterocycles. The van der Waals surface area contributed by atoms with Gasteiger partial charge in [-0.2, -0.15) is 0 Å². The fourth-order valence-corrected chi connectivity index (χ4v) is 7.10. The second-order valence-electron chi connectivity index (χ2n) is 12.1. The van der Waals surface area contributed by atoms with Crippen LogP contribution in [0.3, 0.4) is 0 Å². The zero-order valence-corrected chi connectivity index (χ0v) is 28.1. The van der Waals surface area contributed by atoms with Gasteiger partial charge in [0.1, 0.15) is 22.3 Å². The van der Waals surface area contributed by atoms with Gasteiger partial charge in [-0.05, 0) is 62.9 Å². The number of carbonyl (C=O) groups excluding carboxylic acids is 3. The monoisotopic (exact) mass is 672 g/mol. The summed E-state index contributed by atoms with van der Waals surface area (Å²) in [5, 5.41) is 9.62. The molecule has 2 aromatic heterocycles. The van der Waals surface area contributed by atoms with Crippen molar-refractivity contribution in [2.24, 2.45) is 0 Å². The molecule has 2 aliphatic rings. The van der Waals surface area contributed by atoms with E-state index in [-0.39, 0.29) is 23.6 Å². The van der Waals surface area contributed by atoms with Gasteiger partial charge in [0.05, 0.1) is 22.8 Å². The summed E-state index contributed by atoms with van der Waals surface area (Å²) in [6.07, 6.45) is 4.46. The number of carbonyl (C=O) groups is 3. The van der Waals surface area contributed by atoms with E-state index in [4.69, 9.17) is 16.6 Å². The third kappa shape index (κ3) is 7.78. The van der Waals surface area contributed by atoms with E-state index in [1.165, 1.54) is 23.1 Å². The van der Waals surface area contributed by atoms with Gasteiger partial charge >= 0.3 is 0 Å². The third-order valence-corrected chi connectivity index (χ3v) is 9.94. The normalized spacial score (nSPS) is 17.1. The van der Waals surface area contributed by atoms with Crippen molar-refractivity contribution in [3.8, 4) is 0 Å². The van der Waals surface area contributed by atoms with E-state index in [9.17, 15) is 14.4 Å². The van der Waals surface area contributed by atoms with E-state index in [0.29, 0.717) is 51.2 Å². The summed E-state index contributed by atoms with van der Waals surface area (Å²) in [4.78, 5) is 55.4. The number of para-hydroxylation sites is 1. The van der Waals surface area contributed by atoms with Gasteiger partial charge in [-0.25, -0.2) is 15.0 Å². The van der Waals surface area contributed by atoms with Crippen LogP contribution in [-0.4, -0.2) is 63.8 Å². The SMILES string of the molecule is Cc1nc(Nc2ncc(C(=O)Nc3c(C)cccc3Cl)s2)cc(N2CCC(N(C)Cc3ccc(C4CCC(=O)NC4=O)cc3)CC2)n1. The summed E-state index contributed by atoms with van der Waals surface area (Å²) in [5.74, 6) is 1.18. The first kappa shape index (κ1) is 32.5. The highest BCUT2D eigenvalue weighted by Gasteiger charge is 2.28. The van der Waals surface area contributed by atoms with Crippen LogP contribution in [-0.2, 0) is 16.1 Å². The number of aryl methyl sites for hydroxylation is 2. The lowest BCUT2D eigenvalue weighted by Gasteiger charge is -2.37. The average Bonchev–Trinajstić information content (AvgIpc) is 3.52. The quantitative estimate of drug-likeness (QED) is 0.188. The molecule has 3 N–H and O–H groups in total. The Morgan fingerprint density at radius 3 is 2.57 bits per heavy atom. The van der Waals surface area contributed by atoms with Crippen LogP contribution in [0.2, 0.25) is 5.02 Å². The van der Waals surface area contributed by atoms with Crippen molar-refractivity contribution in [3.05, 3.63) is 87.1 Å². The summed E-state index contributed by atoms with van der Waals surface area (Å²) in [6.45, 7) is 6.30. The molecule has 244 valence electrons. The molecular weight excluding hydrogens is 636 g/mol. The molecular formula is C34H37ClN8O3S. The summed E-state index contributed by atoms with van der Waals surface area (Å²) >= 11 is 7.52. The van der Waals surface area contributed by atoms with Crippen LogP contribution in [0.4, 0.5) is 22.5 Å². The van der Waals surface area contributed by atoms with Crippen molar-refractivity contribution >= 4 is 63.1 Å². The lowest BCUT2D eigenvalue weighted by Crippen LogP contribution is -2.43. The molecule has 0 spiro atoms. The molecule has 11 nitrogen and oxygen atoms in total. The van der Waals surface area contributed by atoms with Crippen molar-refractivity contribution < 1.29 is 14.4 Å². The molecule has 0 aliphatic carbocycles. The van der Waals surface area contributed by atoms with E-state index in [1.807, 2.05) is 44.2 Å². The summed E-state index contributed by atoms with van der Waals surface area (Å²) in [6, 6.07) is 16.0. The maximum Gasteiger partial charge on any atom is 0.267 e. The second kappa shape index (κ2) is 14.2. The Morgan fingerprint density at radius 1 is 1.09 bits per heavy atom. The van der Waals surface area contributed by atoms with Gasteiger partial charge in [0.15, 0.2) is 5.13 Å². The van der Waals surface area contributed by atoms with E-state index < -0.39 is 0 Å². The van der Waals surface area contributed by atoms with Crippen molar-refractivity contribution in [3.63, 3.8) is 0 Å². The number of hydrogen-bond donors (Lipinski definition) is 3. The topological polar surface area (TPSA) is 132 Å². The van der Waals surface area contributed by atoms with Crippen LogP contribution in [0.1, 0.15) is 63.8 Å². The molecule has 2 saturated heterocycles. The number of hydrogen-bond acceptors (Lipinski definition) is 10. The predicted octanol–water partition coefficient (Wildman–Crippen LogP) is 5.82. The minimum atomic E-state index is -0.275. The Kier molecular flexibility index (Phi) is 9.81. The van der Waals surface area contributed by atoms with Crippen LogP contribution in [0.15, 0.2) is 54.7 Å². The maximum absolute atomic E-state index is 12.9. The zero-order valence-electron chi connectivity index (χ0n) is 26.5. The lowest BCUT2D eigenvalue weighted by atomic mass is 9.90.